The summed E-state index contributed by atoms with van der Waals surface area (Å²) in [6.45, 7) is 3.56. The van der Waals surface area contributed by atoms with Gasteiger partial charge in [-0.15, -0.1) is 0 Å². The molecule has 0 aliphatic rings. The van der Waals surface area contributed by atoms with Crippen molar-refractivity contribution in [3.05, 3.63) is 47.5 Å². The minimum absolute atomic E-state index is 0.0120. The second-order valence-electron chi connectivity index (χ2n) is 4.87. The van der Waals surface area contributed by atoms with Gasteiger partial charge in [-0.05, 0) is 24.6 Å². The third-order valence-electron chi connectivity index (χ3n) is 3.18. The fraction of sp³-hybridized carbons (Fsp3) is 0.400. The van der Waals surface area contributed by atoms with Crippen molar-refractivity contribution in [3.8, 4) is 5.75 Å². The number of aryl methyl sites for hydroxylation is 1. The highest BCUT2D eigenvalue weighted by Crippen LogP contribution is 2.17. The van der Waals surface area contributed by atoms with Gasteiger partial charge in [0, 0.05) is 30.4 Å². The van der Waals surface area contributed by atoms with E-state index in [1.807, 2.05) is 30.6 Å². The number of ether oxygens (including phenoxy) is 1. The molecule has 1 unspecified atom stereocenters. The molecule has 2 rings (SSSR count). The summed E-state index contributed by atoms with van der Waals surface area (Å²) in [6.07, 6.45) is 5.59. The van der Waals surface area contributed by atoms with Crippen molar-refractivity contribution in [3.63, 3.8) is 0 Å². The first-order chi connectivity index (χ1) is 10.2. The van der Waals surface area contributed by atoms with Gasteiger partial charge in [0.25, 0.3) is 0 Å². The maximum absolute atomic E-state index is 5.93. The lowest BCUT2D eigenvalue weighted by Crippen LogP contribution is -2.41. The Morgan fingerprint density at radius 3 is 3.05 bits per heavy atom. The third-order valence-corrected chi connectivity index (χ3v) is 3.41. The Morgan fingerprint density at radius 1 is 1.48 bits per heavy atom. The van der Waals surface area contributed by atoms with E-state index in [4.69, 9.17) is 22.2 Å². The summed E-state index contributed by atoms with van der Waals surface area (Å²) >= 11 is 5.93. The molecule has 0 aliphatic heterocycles. The molecule has 114 valence electrons. The van der Waals surface area contributed by atoms with Crippen LogP contribution in [0.3, 0.4) is 0 Å². The van der Waals surface area contributed by atoms with Crippen molar-refractivity contribution in [1.82, 2.24) is 15.0 Å². The van der Waals surface area contributed by atoms with Gasteiger partial charge in [-0.1, -0.05) is 24.6 Å². The van der Waals surface area contributed by atoms with Gasteiger partial charge < -0.3 is 9.30 Å². The quantitative estimate of drug-likeness (QED) is 0.580. The van der Waals surface area contributed by atoms with Crippen LogP contribution in [0, 0.1) is 0 Å². The minimum atomic E-state index is -0.0120. The van der Waals surface area contributed by atoms with Gasteiger partial charge in [0.1, 0.15) is 18.2 Å². The van der Waals surface area contributed by atoms with Gasteiger partial charge in [-0.3, -0.25) is 11.3 Å². The van der Waals surface area contributed by atoms with Gasteiger partial charge in [-0.25, -0.2) is 4.98 Å². The maximum atomic E-state index is 5.93. The lowest BCUT2D eigenvalue weighted by Gasteiger charge is -2.17. The Morgan fingerprint density at radius 2 is 2.33 bits per heavy atom. The predicted molar refractivity (Wildman–Crippen MR) is 84.3 cm³/mol. The van der Waals surface area contributed by atoms with Crippen LogP contribution in [0.4, 0.5) is 0 Å². The summed E-state index contributed by atoms with van der Waals surface area (Å²) in [6, 6.07) is 7.32. The van der Waals surface area contributed by atoms with Gasteiger partial charge in [0.15, 0.2) is 0 Å². The summed E-state index contributed by atoms with van der Waals surface area (Å²) in [5.41, 5.74) is 2.78. The number of rotatable bonds is 8. The molecular weight excluding hydrogens is 288 g/mol. The van der Waals surface area contributed by atoms with Crippen molar-refractivity contribution in [2.24, 2.45) is 5.84 Å². The highest BCUT2D eigenvalue weighted by molar-refractivity contribution is 6.30. The summed E-state index contributed by atoms with van der Waals surface area (Å²) in [4.78, 5) is 4.38. The van der Waals surface area contributed by atoms with Crippen LogP contribution in [0.2, 0.25) is 5.02 Å². The fourth-order valence-corrected chi connectivity index (χ4v) is 2.29. The molecule has 1 atom stereocenters. The van der Waals surface area contributed by atoms with Crippen molar-refractivity contribution in [1.29, 1.82) is 0 Å². The standard InChI is InChI=1S/C15H21ClN4O/c1-2-7-20-8-6-18-15(20)10-13(19-17)11-21-14-5-3-4-12(16)9-14/h3-6,8-9,13,19H,2,7,10-11,17H2,1H3. The van der Waals surface area contributed by atoms with E-state index in [2.05, 4.69) is 21.9 Å². The molecule has 0 fully saturated rings. The fourth-order valence-electron chi connectivity index (χ4n) is 2.11. The molecule has 0 saturated carbocycles. The number of nitrogens with two attached hydrogens (primary N) is 1. The molecule has 1 aromatic carbocycles. The topological polar surface area (TPSA) is 65.1 Å². The number of nitrogens with one attached hydrogen (secondary N) is 1. The average Bonchev–Trinajstić information content (AvgIpc) is 2.91. The normalized spacial score (nSPS) is 12.3. The smallest absolute Gasteiger partial charge is 0.120 e. The van der Waals surface area contributed by atoms with Crippen molar-refractivity contribution >= 4 is 11.6 Å². The van der Waals surface area contributed by atoms with E-state index >= 15 is 0 Å². The second-order valence-corrected chi connectivity index (χ2v) is 5.31. The summed E-state index contributed by atoms with van der Waals surface area (Å²) in [5.74, 6) is 7.36. The Hall–Kier alpha value is -1.56. The molecule has 5 nitrogen and oxygen atoms in total. The van der Waals surface area contributed by atoms with E-state index in [1.54, 1.807) is 6.07 Å². The first-order valence-corrected chi connectivity index (χ1v) is 7.45. The van der Waals surface area contributed by atoms with E-state index in [0.29, 0.717) is 18.1 Å². The first-order valence-electron chi connectivity index (χ1n) is 7.07. The predicted octanol–water partition coefficient (Wildman–Crippen LogP) is 2.40. The Bertz CT molecular complexity index is 558. The van der Waals surface area contributed by atoms with E-state index in [0.717, 1.165) is 24.5 Å². The van der Waals surface area contributed by atoms with Crippen molar-refractivity contribution in [2.75, 3.05) is 6.61 Å². The number of hydrogen-bond donors (Lipinski definition) is 2. The molecule has 21 heavy (non-hydrogen) atoms. The monoisotopic (exact) mass is 308 g/mol. The van der Waals surface area contributed by atoms with Gasteiger partial charge in [0.2, 0.25) is 0 Å². The molecule has 0 aliphatic carbocycles. The molecule has 0 spiro atoms. The Labute approximate surface area is 130 Å². The van der Waals surface area contributed by atoms with Crippen LogP contribution in [-0.2, 0) is 13.0 Å². The molecule has 2 aromatic rings. The van der Waals surface area contributed by atoms with Crippen LogP contribution < -0.4 is 16.0 Å². The number of hydrogen-bond acceptors (Lipinski definition) is 4. The molecule has 3 N–H and O–H groups in total. The van der Waals surface area contributed by atoms with Crippen LogP contribution >= 0.6 is 11.6 Å². The lowest BCUT2D eigenvalue weighted by molar-refractivity contribution is 0.261. The molecule has 0 saturated heterocycles. The minimum Gasteiger partial charge on any atom is -0.492 e. The summed E-state index contributed by atoms with van der Waals surface area (Å²) < 4.78 is 7.87. The lowest BCUT2D eigenvalue weighted by atomic mass is 10.2. The van der Waals surface area contributed by atoms with Gasteiger partial charge >= 0.3 is 0 Å². The number of aromatic nitrogens is 2. The molecule has 0 bridgehead atoms. The van der Waals surface area contributed by atoms with Gasteiger partial charge in [0.05, 0.1) is 6.04 Å². The third kappa shape index (κ3) is 4.74. The van der Waals surface area contributed by atoms with Crippen LogP contribution in [0.15, 0.2) is 36.7 Å². The summed E-state index contributed by atoms with van der Waals surface area (Å²) in [5, 5.41) is 0.656. The number of benzene rings is 1. The van der Waals surface area contributed by atoms with Crippen molar-refractivity contribution < 1.29 is 4.74 Å². The van der Waals surface area contributed by atoms with E-state index < -0.39 is 0 Å². The van der Waals surface area contributed by atoms with Gasteiger partial charge in [-0.2, -0.15) is 0 Å². The van der Waals surface area contributed by atoms with Crippen LogP contribution in [0.25, 0.3) is 0 Å². The second kappa shape index (κ2) is 8.02. The molecule has 0 radical (unpaired) electrons. The zero-order valence-electron chi connectivity index (χ0n) is 12.1. The van der Waals surface area contributed by atoms with E-state index in [-0.39, 0.29) is 6.04 Å². The first kappa shape index (κ1) is 15.8. The Kier molecular flexibility index (Phi) is 6.04. The molecular formula is C15H21ClN4O. The molecule has 1 aromatic heterocycles. The van der Waals surface area contributed by atoms with Crippen LogP contribution in [0.1, 0.15) is 19.2 Å². The SMILES string of the molecule is CCCn1ccnc1CC(COc1cccc(Cl)c1)NN. The molecule has 0 amide bonds. The number of nitrogens with zero attached hydrogens (tertiary/aromatic N) is 2. The number of imidazole rings is 1. The highest BCUT2D eigenvalue weighted by atomic mass is 35.5. The zero-order valence-corrected chi connectivity index (χ0v) is 12.9. The zero-order chi connectivity index (χ0) is 15.1. The van der Waals surface area contributed by atoms with E-state index in [9.17, 15) is 0 Å². The highest BCUT2D eigenvalue weighted by Gasteiger charge is 2.12. The average molecular weight is 309 g/mol. The summed E-state index contributed by atoms with van der Waals surface area (Å²) in [7, 11) is 0. The van der Waals surface area contributed by atoms with Crippen molar-refractivity contribution in [2.45, 2.75) is 32.4 Å². The largest absolute Gasteiger partial charge is 0.492 e. The van der Waals surface area contributed by atoms with Crippen LogP contribution in [-0.4, -0.2) is 22.2 Å². The molecule has 1 heterocycles. The number of halogens is 1. The van der Waals surface area contributed by atoms with Crippen LogP contribution in [0.5, 0.6) is 5.75 Å². The van der Waals surface area contributed by atoms with E-state index in [1.165, 1.54) is 0 Å². The Balaban J connectivity index is 1.92. The number of hydrazine groups is 1. The maximum Gasteiger partial charge on any atom is 0.120 e. The molecule has 6 heteroatoms.